The Labute approximate surface area is 197 Å². The largest absolute Gasteiger partial charge is 0.434 e. The van der Waals surface area contributed by atoms with E-state index in [2.05, 4.69) is 35.6 Å². The van der Waals surface area contributed by atoms with Crippen molar-refractivity contribution in [2.24, 2.45) is 0 Å². The first-order chi connectivity index (χ1) is 16.6. The zero-order chi connectivity index (χ0) is 25.5. The van der Waals surface area contributed by atoms with E-state index >= 15 is 0 Å². The number of halogens is 5. The summed E-state index contributed by atoms with van der Waals surface area (Å²) in [5, 5.41) is 5.60. The third kappa shape index (κ3) is 7.44. The van der Waals surface area contributed by atoms with E-state index in [1.165, 1.54) is 0 Å². The van der Waals surface area contributed by atoms with Crippen LogP contribution in [0.4, 0.5) is 27.8 Å². The van der Waals surface area contributed by atoms with E-state index in [-0.39, 0.29) is 31.7 Å². The van der Waals surface area contributed by atoms with Crippen LogP contribution in [0, 0.1) is 6.92 Å². The molecule has 0 spiro atoms. The van der Waals surface area contributed by atoms with E-state index in [0.717, 1.165) is 18.0 Å². The number of aromatic nitrogens is 5. The van der Waals surface area contributed by atoms with Gasteiger partial charge >= 0.3 is 6.18 Å². The minimum Gasteiger partial charge on any atom is -0.367 e. The van der Waals surface area contributed by atoms with Crippen LogP contribution in [0.25, 0.3) is 11.4 Å². The van der Waals surface area contributed by atoms with Crippen molar-refractivity contribution in [3.8, 4) is 11.4 Å². The number of carbonyl (C=O) groups is 1. The van der Waals surface area contributed by atoms with Gasteiger partial charge in [-0.25, -0.2) is 28.7 Å². The van der Waals surface area contributed by atoms with Gasteiger partial charge in [-0.1, -0.05) is 0 Å². The topological polar surface area (TPSA) is 106 Å². The highest BCUT2D eigenvalue weighted by Crippen LogP contribution is 2.28. The van der Waals surface area contributed by atoms with E-state index < -0.39 is 23.8 Å². The zero-order valence-corrected chi connectivity index (χ0v) is 18.6. The number of alkyl halides is 5. The average Bonchev–Trinajstić information content (AvgIpc) is 2.82. The van der Waals surface area contributed by atoms with Crippen LogP contribution in [0.2, 0.25) is 0 Å². The van der Waals surface area contributed by atoms with Crippen LogP contribution < -0.4 is 10.6 Å². The molecule has 0 aromatic carbocycles. The molecule has 3 aromatic rings. The van der Waals surface area contributed by atoms with Crippen LogP contribution >= 0.6 is 0 Å². The minimum atomic E-state index is -4.54. The maximum Gasteiger partial charge on any atom is 0.434 e. The predicted molar refractivity (Wildman–Crippen MR) is 117 cm³/mol. The van der Waals surface area contributed by atoms with Gasteiger partial charge in [0.1, 0.15) is 11.5 Å². The Morgan fingerprint density at radius 3 is 2.46 bits per heavy atom. The van der Waals surface area contributed by atoms with Crippen molar-refractivity contribution < 1.29 is 26.7 Å². The fourth-order valence-corrected chi connectivity index (χ4v) is 3.32. The first-order valence-corrected chi connectivity index (χ1v) is 10.5. The predicted octanol–water partition coefficient (Wildman–Crippen LogP) is 3.95. The summed E-state index contributed by atoms with van der Waals surface area (Å²) in [5.74, 6) is -2.05. The second-order valence-corrected chi connectivity index (χ2v) is 7.71. The lowest BCUT2D eigenvalue weighted by Crippen LogP contribution is -2.47. The number of pyridine rings is 1. The first-order valence-electron chi connectivity index (χ1n) is 10.5. The fourth-order valence-electron chi connectivity index (χ4n) is 3.32. The van der Waals surface area contributed by atoms with Gasteiger partial charge in [0.25, 0.3) is 5.92 Å². The highest BCUT2D eigenvalue weighted by atomic mass is 19.4. The molecule has 13 heteroatoms. The molecule has 2 N–H and O–H groups in total. The molecule has 1 unspecified atom stereocenters. The summed E-state index contributed by atoms with van der Waals surface area (Å²) < 4.78 is 63.1. The SMILES string of the molecule is Cc1ccnc(C=O)c1-c1ncccn1.FC1(F)CCNC(CNc2cnc(C(F)(F)F)cn2)C1. The number of rotatable bonds is 5. The molecule has 1 aliphatic heterocycles. The molecule has 1 atom stereocenters. The quantitative estimate of drug-likeness (QED) is 0.405. The van der Waals surface area contributed by atoms with Crippen molar-refractivity contribution in [2.75, 3.05) is 18.4 Å². The third-order valence-corrected chi connectivity index (χ3v) is 5.03. The van der Waals surface area contributed by atoms with Gasteiger partial charge in [0.2, 0.25) is 0 Å². The summed E-state index contributed by atoms with van der Waals surface area (Å²) in [6, 6.07) is 3.11. The van der Waals surface area contributed by atoms with Crippen molar-refractivity contribution in [3.63, 3.8) is 0 Å². The lowest BCUT2D eigenvalue weighted by atomic mass is 10.0. The van der Waals surface area contributed by atoms with Crippen molar-refractivity contribution in [1.82, 2.24) is 30.2 Å². The van der Waals surface area contributed by atoms with Gasteiger partial charge in [0.05, 0.1) is 18.0 Å². The molecule has 0 saturated carbocycles. The molecule has 8 nitrogen and oxygen atoms in total. The number of nitrogens with zero attached hydrogens (tertiary/aromatic N) is 5. The van der Waals surface area contributed by atoms with Gasteiger partial charge in [-0.05, 0) is 24.6 Å². The number of nitrogens with one attached hydrogen (secondary N) is 2. The second kappa shape index (κ2) is 11.2. The number of anilines is 1. The van der Waals surface area contributed by atoms with Crippen LogP contribution in [-0.2, 0) is 6.18 Å². The van der Waals surface area contributed by atoms with Gasteiger partial charge in [-0.15, -0.1) is 0 Å². The molecule has 1 aliphatic rings. The molecule has 0 bridgehead atoms. The number of carbonyl (C=O) groups excluding carboxylic acids is 1. The molecule has 35 heavy (non-hydrogen) atoms. The zero-order valence-electron chi connectivity index (χ0n) is 18.6. The normalized spacial score (nSPS) is 17.1. The average molecular weight is 495 g/mol. The van der Waals surface area contributed by atoms with Crippen molar-refractivity contribution in [1.29, 1.82) is 0 Å². The Morgan fingerprint density at radius 2 is 1.86 bits per heavy atom. The smallest absolute Gasteiger partial charge is 0.367 e. The standard InChI is InChI=1S/C11H13F5N4.C11H9N3O/c12-10(13)1-2-17-7(3-10)4-19-9-6-18-8(5-20-9)11(14,15)16;1-8-3-6-12-9(7-15)10(8)11-13-4-2-5-14-11/h5-7,17H,1-4H2,(H,19,20);2-7H,1H3. The highest BCUT2D eigenvalue weighted by Gasteiger charge is 2.36. The van der Waals surface area contributed by atoms with E-state index in [0.29, 0.717) is 23.3 Å². The molecule has 0 aliphatic carbocycles. The second-order valence-electron chi connectivity index (χ2n) is 7.71. The Balaban J connectivity index is 0.000000203. The van der Waals surface area contributed by atoms with Gasteiger partial charge in [-0.3, -0.25) is 9.78 Å². The minimum absolute atomic E-state index is 0.119. The van der Waals surface area contributed by atoms with Crippen LogP contribution in [0.3, 0.4) is 0 Å². The van der Waals surface area contributed by atoms with Crippen molar-refractivity contribution >= 4 is 12.1 Å². The maximum absolute atomic E-state index is 13.1. The summed E-state index contributed by atoms with van der Waals surface area (Å²) in [5.41, 5.74) is 0.929. The first kappa shape index (κ1) is 26.0. The summed E-state index contributed by atoms with van der Waals surface area (Å²) in [6.45, 7) is 2.26. The summed E-state index contributed by atoms with van der Waals surface area (Å²) in [7, 11) is 0. The summed E-state index contributed by atoms with van der Waals surface area (Å²) in [6.07, 6.45) is 2.09. The Bertz CT molecular complexity index is 1110. The van der Waals surface area contributed by atoms with Crippen LogP contribution in [0.5, 0.6) is 0 Å². The number of aldehydes is 1. The molecule has 1 fully saturated rings. The van der Waals surface area contributed by atoms with E-state index in [1.807, 2.05) is 13.0 Å². The maximum atomic E-state index is 13.1. The van der Waals surface area contributed by atoms with E-state index in [1.54, 1.807) is 24.7 Å². The summed E-state index contributed by atoms with van der Waals surface area (Å²) >= 11 is 0. The van der Waals surface area contributed by atoms with Gasteiger partial charge in [-0.2, -0.15) is 13.2 Å². The molecular formula is C22H22F5N7O. The molecule has 4 rings (SSSR count). The lowest BCUT2D eigenvalue weighted by Gasteiger charge is -2.30. The third-order valence-electron chi connectivity index (χ3n) is 5.03. The van der Waals surface area contributed by atoms with E-state index in [9.17, 15) is 26.7 Å². The molecular weight excluding hydrogens is 473 g/mol. The van der Waals surface area contributed by atoms with Crippen LogP contribution in [0.1, 0.15) is 34.6 Å². The van der Waals surface area contributed by atoms with Gasteiger partial charge in [0, 0.05) is 50.6 Å². The summed E-state index contributed by atoms with van der Waals surface area (Å²) in [4.78, 5) is 29.8. The number of hydrogen-bond donors (Lipinski definition) is 2. The Hall–Kier alpha value is -3.61. The molecule has 0 radical (unpaired) electrons. The molecule has 4 heterocycles. The van der Waals surface area contributed by atoms with Gasteiger partial charge < -0.3 is 10.6 Å². The highest BCUT2D eigenvalue weighted by molar-refractivity contribution is 5.84. The Morgan fingerprint density at radius 1 is 1.11 bits per heavy atom. The molecule has 3 aromatic heterocycles. The molecule has 0 amide bonds. The lowest BCUT2D eigenvalue weighted by molar-refractivity contribution is -0.141. The van der Waals surface area contributed by atoms with Crippen LogP contribution in [-0.4, -0.2) is 56.3 Å². The monoisotopic (exact) mass is 495 g/mol. The van der Waals surface area contributed by atoms with Crippen molar-refractivity contribution in [2.45, 2.75) is 37.9 Å². The van der Waals surface area contributed by atoms with Gasteiger partial charge in [0.15, 0.2) is 17.8 Å². The van der Waals surface area contributed by atoms with E-state index in [4.69, 9.17) is 0 Å². The molecule has 1 saturated heterocycles. The molecule has 186 valence electrons. The van der Waals surface area contributed by atoms with Crippen molar-refractivity contribution in [3.05, 3.63) is 60.1 Å². The number of aryl methyl sites for hydroxylation is 1. The fraction of sp³-hybridized carbons (Fsp3) is 0.364. The Kier molecular flexibility index (Phi) is 8.33. The van der Waals surface area contributed by atoms with Crippen LogP contribution in [0.15, 0.2) is 43.1 Å². The number of hydrogen-bond acceptors (Lipinski definition) is 8. The number of piperidine rings is 1.